The summed E-state index contributed by atoms with van der Waals surface area (Å²) in [6.45, 7) is 1.14. The lowest BCUT2D eigenvalue weighted by Crippen LogP contribution is -2.32. The number of carbonyl (C=O) groups is 1. The molecule has 0 unspecified atom stereocenters. The van der Waals surface area contributed by atoms with Crippen LogP contribution < -0.4 is 10.6 Å². The second-order valence-corrected chi connectivity index (χ2v) is 4.75. The summed E-state index contributed by atoms with van der Waals surface area (Å²) in [5.74, 6) is -0.579. The summed E-state index contributed by atoms with van der Waals surface area (Å²) in [4.78, 5) is 21.2. The summed E-state index contributed by atoms with van der Waals surface area (Å²) < 4.78 is 13.7. The van der Waals surface area contributed by atoms with Gasteiger partial charge in [0.1, 0.15) is 0 Å². The maximum absolute atomic E-state index is 13.7. The zero-order valence-electron chi connectivity index (χ0n) is 10.9. The Hall–Kier alpha value is -2.02. The number of rotatable bonds is 7. The number of halogens is 1. The predicted octanol–water partition coefficient (Wildman–Crippen LogP) is 1.35. The Morgan fingerprint density at radius 2 is 2.15 bits per heavy atom. The van der Waals surface area contributed by atoms with Crippen LogP contribution in [-0.2, 0) is 11.3 Å². The van der Waals surface area contributed by atoms with E-state index in [0.717, 1.165) is 18.9 Å². The third-order valence-electron chi connectivity index (χ3n) is 3.12. The molecule has 0 spiro atoms. The summed E-state index contributed by atoms with van der Waals surface area (Å²) in [5.41, 5.74) is -0.279. The first kappa shape index (κ1) is 14.4. The van der Waals surface area contributed by atoms with Crippen LogP contribution in [0.5, 0.6) is 0 Å². The Morgan fingerprint density at radius 3 is 2.80 bits per heavy atom. The number of nitrogens with one attached hydrogen (secondary N) is 2. The van der Waals surface area contributed by atoms with Crippen molar-refractivity contribution in [1.82, 2.24) is 10.6 Å². The minimum Gasteiger partial charge on any atom is -0.355 e. The van der Waals surface area contributed by atoms with Crippen molar-refractivity contribution >= 4 is 11.6 Å². The van der Waals surface area contributed by atoms with E-state index in [1.165, 1.54) is 12.1 Å². The van der Waals surface area contributed by atoms with Gasteiger partial charge in [0.25, 0.3) is 0 Å². The summed E-state index contributed by atoms with van der Waals surface area (Å²) >= 11 is 0. The Balaban J connectivity index is 1.75. The fraction of sp³-hybridized carbons (Fsp3) is 0.462. The first-order valence-corrected chi connectivity index (χ1v) is 6.50. The van der Waals surface area contributed by atoms with Crippen LogP contribution in [0.25, 0.3) is 0 Å². The number of carbonyl (C=O) groups excluding carboxylic acids is 1. The summed E-state index contributed by atoms with van der Waals surface area (Å²) in [6, 6.07) is 4.08. The van der Waals surface area contributed by atoms with E-state index in [1.54, 1.807) is 0 Å². The molecule has 0 bridgehead atoms. The van der Waals surface area contributed by atoms with Crippen LogP contribution in [0.4, 0.5) is 10.1 Å². The van der Waals surface area contributed by atoms with Gasteiger partial charge in [-0.3, -0.25) is 14.9 Å². The minimum atomic E-state index is -0.813. The average Bonchev–Trinajstić information content (AvgIpc) is 3.24. The Bertz CT molecular complexity index is 518. The Morgan fingerprint density at radius 1 is 1.40 bits per heavy atom. The van der Waals surface area contributed by atoms with Gasteiger partial charge in [-0.25, -0.2) is 0 Å². The van der Waals surface area contributed by atoms with E-state index in [0.29, 0.717) is 13.1 Å². The molecule has 1 amide bonds. The predicted molar refractivity (Wildman–Crippen MR) is 70.5 cm³/mol. The molecule has 1 aliphatic rings. The highest BCUT2D eigenvalue weighted by Crippen LogP contribution is 2.28. The van der Waals surface area contributed by atoms with E-state index >= 15 is 0 Å². The maximum Gasteiger partial charge on any atom is 0.305 e. The van der Waals surface area contributed by atoms with E-state index < -0.39 is 16.4 Å². The second kappa shape index (κ2) is 6.42. The van der Waals surface area contributed by atoms with Crippen molar-refractivity contribution in [2.75, 3.05) is 13.1 Å². The molecule has 0 heterocycles. The highest BCUT2D eigenvalue weighted by atomic mass is 19.1. The van der Waals surface area contributed by atoms with Gasteiger partial charge in [0.15, 0.2) is 0 Å². The van der Waals surface area contributed by atoms with Crippen LogP contribution in [0.15, 0.2) is 18.2 Å². The molecule has 1 fully saturated rings. The van der Waals surface area contributed by atoms with E-state index in [-0.39, 0.29) is 23.9 Å². The SMILES string of the molecule is O=C(NCCNCc1cccc([N+](=O)[O-])c1F)C1CC1. The molecule has 0 radical (unpaired) electrons. The molecule has 0 saturated heterocycles. The standard InChI is InChI=1S/C13H16FN3O3/c14-12-10(2-1-3-11(12)17(19)20)8-15-6-7-16-13(18)9-4-5-9/h1-3,9,15H,4-8H2,(H,16,18). The van der Waals surface area contributed by atoms with Gasteiger partial charge in [-0.1, -0.05) is 12.1 Å². The molecule has 7 heteroatoms. The topological polar surface area (TPSA) is 84.3 Å². The van der Waals surface area contributed by atoms with Crippen molar-refractivity contribution in [1.29, 1.82) is 0 Å². The van der Waals surface area contributed by atoms with Crippen LogP contribution in [0, 0.1) is 21.8 Å². The normalized spacial score (nSPS) is 14.1. The van der Waals surface area contributed by atoms with Crippen LogP contribution in [0.3, 0.4) is 0 Å². The van der Waals surface area contributed by atoms with Gasteiger partial charge in [-0.2, -0.15) is 4.39 Å². The third-order valence-corrected chi connectivity index (χ3v) is 3.12. The molecule has 0 aromatic heterocycles. The van der Waals surface area contributed by atoms with Gasteiger partial charge in [0, 0.05) is 37.2 Å². The van der Waals surface area contributed by atoms with Crippen molar-refractivity contribution in [3.8, 4) is 0 Å². The van der Waals surface area contributed by atoms with Gasteiger partial charge in [0.2, 0.25) is 11.7 Å². The summed E-state index contributed by atoms with van der Waals surface area (Å²) in [6.07, 6.45) is 1.91. The molecule has 0 aliphatic heterocycles. The van der Waals surface area contributed by atoms with Crippen molar-refractivity contribution in [3.05, 3.63) is 39.7 Å². The van der Waals surface area contributed by atoms with E-state index in [9.17, 15) is 19.3 Å². The lowest BCUT2D eigenvalue weighted by atomic mass is 10.2. The number of nitro benzene ring substituents is 1. The monoisotopic (exact) mass is 281 g/mol. The third kappa shape index (κ3) is 3.74. The number of nitro groups is 1. The molecular weight excluding hydrogens is 265 g/mol. The number of hydrogen-bond donors (Lipinski definition) is 2. The van der Waals surface area contributed by atoms with Gasteiger partial charge in [-0.05, 0) is 12.8 Å². The first-order valence-electron chi connectivity index (χ1n) is 6.50. The molecule has 108 valence electrons. The molecule has 6 nitrogen and oxygen atoms in total. The van der Waals surface area contributed by atoms with E-state index in [4.69, 9.17) is 0 Å². The van der Waals surface area contributed by atoms with Crippen molar-refractivity contribution in [2.24, 2.45) is 5.92 Å². The first-order chi connectivity index (χ1) is 9.59. The number of benzene rings is 1. The van der Waals surface area contributed by atoms with Crippen molar-refractivity contribution in [2.45, 2.75) is 19.4 Å². The zero-order chi connectivity index (χ0) is 14.5. The maximum atomic E-state index is 13.7. The van der Waals surface area contributed by atoms with Crippen LogP contribution >= 0.6 is 0 Å². The fourth-order valence-electron chi connectivity index (χ4n) is 1.83. The minimum absolute atomic E-state index is 0.0633. The fourth-order valence-corrected chi connectivity index (χ4v) is 1.83. The molecule has 0 atom stereocenters. The van der Waals surface area contributed by atoms with Crippen LogP contribution in [0.1, 0.15) is 18.4 Å². The summed E-state index contributed by atoms with van der Waals surface area (Å²) in [7, 11) is 0. The smallest absolute Gasteiger partial charge is 0.305 e. The Labute approximate surface area is 115 Å². The lowest BCUT2D eigenvalue weighted by molar-refractivity contribution is -0.387. The number of amides is 1. The van der Waals surface area contributed by atoms with Gasteiger partial charge >= 0.3 is 5.69 Å². The molecule has 1 saturated carbocycles. The molecular formula is C13H16FN3O3. The molecule has 1 aliphatic carbocycles. The molecule has 2 N–H and O–H groups in total. The van der Waals surface area contributed by atoms with Crippen molar-refractivity contribution in [3.63, 3.8) is 0 Å². The molecule has 1 aromatic carbocycles. The number of nitrogens with zero attached hydrogens (tertiary/aromatic N) is 1. The van der Waals surface area contributed by atoms with Crippen molar-refractivity contribution < 1.29 is 14.1 Å². The molecule has 20 heavy (non-hydrogen) atoms. The van der Waals surface area contributed by atoms with Gasteiger partial charge in [0.05, 0.1) is 4.92 Å². The highest BCUT2D eigenvalue weighted by Gasteiger charge is 2.28. The Kier molecular flexibility index (Phi) is 4.62. The number of hydrogen-bond acceptors (Lipinski definition) is 4. The zero-order valence-corrected chi connectivity index (χ0v) is 10.9. The highest BCUT2D eigenvalue weighted by molar-refractivity contribution is 5.80. The van der Waals surface area contributed by atoms with Crippen LogP contribution in [0.2, 0.25) is 0 Å². The largest absolute Gasteiger partial charge is 0.355 e. The van der Waals surface area contributed by atoms with Crippen LogP contribution in [-0.4, -0.2) is 23.9 Å². The van der Waals surface area contributed by atoms with Gasteiger partial charge in [-0.15, -0.1) is 0 Å². The lowest BCUT2D eigenvalue weighted by Gasteiger charge is -2.07. The van der Waals surface area contributed by atoms with E-state index in [1.807, 2.05) is 0 Å². The second-order valence-electron chi connectivity index (χ2n) is 4.75. The molecule has 1 aromatic rings. The van der Waals surface area contributed by atoms with E-state index in [2.05, 4.69) is 10.6 Å². The van der Waals surface area contributed by atoms with Gasteiger partial charge < -0.3 is 10.6 Å². The summed E-state index contributed by atoms with van der Waals surface area (Å²) in [5, 5.41) is 16.3. The molecule has 2 rings (SSSR count). The average molecular weight is 281 g/mol. The quantitative estimate of drug-likeness (QED) is 0.449.